The van der Waals surface area contributed by atoms with Crippen LogP contribution in [0, 0.1) is 0 Å². The highest BCUT2D eigenvalue weighted by atomic mass is 32.2. The Bertz CT molecular complexity index is 1230. The molecule has 1 aliphatic rings. The Balaban J connectivity index is 1.90. The standard InChI is InChI=1S/C19H15NO6S/c21-18-14-8-9-16(26-27(24,25)12-5-2-1-3-6-12)13-7-4-10-20(17(13)14)11-15(18)19(22)23/h1-3,5-6,8-9,11H,4,7,10H2,(H,22,23). The molecule has 2 aromatic carbocycles. The lowest BCUT2D eigenvalue weighted by Gasteiger charge is -2.22. The smallest absolute Gasteiger partial charge is 0.341 e. The zero-order valence-electron chi connectivity index (χ0n) is 14.1. The van der Waals surface area contributed by atoms with Crippen molar-refractivity contribution in [2.45, 2.75) is 24.3 Å². The molecule has 0 atom stereocenters. The quantitative estimate of drug-likeness (QED) is 0.692. The van der Waals surface area contributed by atoms with Gasteiger partial charge in [0.05, 0.1) is 5.52 Å². The predicted octanol–water partition coefficient (Wildman–Crippen LogP) is 2.41. The van der Waals surface area contributed by atoms with E-state index in [2.05, 4.69) is 0 Å². The SMILES string of the molecule is O=C(O)c1cn2c3c(c(OS(=O)(=O)c4ccccc4)ccc3c1=O)CCC2. The summed E-state index contributed by atoms with van der Waals surface area (Å²) in [6.45, 7) is 0.541. The first-order chi connectivity index (χ1) is 12.9. The van der Waals surface area contributed by atoms with Crippen LogP contribution in [0.25, 0.3) is 10.9 Å². The highest BCUT2D eigenvalue weighted by Crippen LogP contribution is 2.33. The van der Waals surface area contributed by atoms with Gasteiger partial charge in [-0.25, -0.2) is 4.79 Å². The van der Waals surface area contributed by atoms with Gasteiger partial charge in [0.25, 0.3) is 0 Å². The van der Waals surface area contributed by atoms with E-state index in [1.807, 2.05) is 0 Å². The fourth-order valence-electron chi connectivity index (χ4n) is 3.38. The maximum absolute atomic E-state index is 12.6. The van der Waals surface area contributed by atoms with Crippen molar-refractivity contribution in [2.24, 2.45) is 0 Å². The van der Waals surface area contributed by atoms with Crippen molar-refractivity contribution in [3.05, 3.63) is 70.0 Å². The van der Waals surface area contributed by atoms with Crippen LogP contribution in [0.15, 0.2) is 58.4 Å². The van der Waals surface area contributed by atoms with Gasteiger partial charge in [-0.05, 0) is 37.1 Å². The Kier molecular flexibility index (Phi) is 4.00. The average molecular weight is 385 g/mol. The molecule has 0 unspecified atom stereocenters. The van der Waals surface area contributed by atoms with Gasteiger partial charge in [0.1, 0.15) is 16.2 Å². The number of hydrogen-bond acceptors (Lipinski definition) is 5. The number of aryl methyl sites for hydroxylation is 2. The number of aromatic carboxylic acids is 1. The fraction of sp³-hybridized carbons (Fsp3) is 0.158. The Morgan fingerprint density at radius 3 is 2.56 bits per heavy atom. The van der Waals surface area contributed by atoms with Crippen molar-refractivity contribution >= 4 is 27.0 Å². The van der Waals surface area contributed by atoms with Crippen LogP contribution in [-0.4, -0.2) is 24.1 Å². The molecule has 3 aromatic rings. The van der Waals surface area contributed by atoms with Crippen molar-refractivity contribution in [2.75, 3.05) is 0 Å². The van der Waals surface area contributed by atoms with Crippen LogP contribution in [0.3, 0.4) is 0 Å². The number of benzene rings is 2. The van der Waals surface area contributed by atoms with E-state index < -0.39 is 21.5 Å². The van der Waals surface area contributed by atoms with E-state index in [1.54, 1.807) is 22.8 Å². The summed E-state index contributed by atoms with van der Waals surface area (Å²) in [6.07, 6.45) is 2.52. The van der Waals surface area contributed by atoms with Gasteiger partial charge < -0.3 is 13.9 Å². The summed E-state index contributed by atoms with van der Waals surface area (Å²) in [5.41, 5.74) is 0.222. The Hall–Kier alpha value is -3.13. The molecule has 0 amide bonds. The molecule has 138 valence electrons. The summed E-state index contributed by atoms with van der Waals surface area (Å²) in [4.78, 5) is 23.8. The third kappa shape index (κ3) is 2.87. The molecule has 0 radical (unpaired) electrons. The van der Waals surface area contributed by atoms with Crippen LogP contribution in [0.5, 0.6) is 5.75 Å². The van der Waals surface area contributed by atoms with Gasteiger partial charge in [-0.2, -0.15) is 8.42 Å². The molecule has 2 heterocycles. The number of aromatic nitrogens is 1. The molecule has 0 fully saturated rings. The Labute approximate surface area is 154 Å². The summed E-state index contributed by atoms with van der Waals surface area (Å²) in [7, 11) is -4.02. The summed E-state index contributed by atoms with van der Waals surface area (Å²) >= 11 is 0. The molecule has 1 N–H and O–H groups in total. The molecule has 0 aliphatic carbocycles. The molecular weight excluding hydrogens is 370 g/mol. The molecule has 1 aromatic heterocycles. The number of carboxylic acids is 1. The Morgan fingerprint density at radius 1 is 1.11 bits per heavy atom. The van der Waals surface area contributed by atoms with E-state index in [9.17, 15) is 23.1 Å². The third-order valence-electron chi connectivity index (χ3n) is 4.59. The molecule has 8 heteroatoms. The molecule has 7 nitrogen and oxygen atoms in total. The summed E-state index contributed by atoms with van der Waals surface area (Å²) in [5, 5.41) is 9.49. The van der Waals surface area contributed by atoms with E-state index in [1.165, 1.54) is 30.5 Å². The van der Waals surface area contributed by atoms with Gasteiger partial charge in [0.2, 0.25) is 5.43 Å². The van der Waals surface area contributed by atoms with Gasteiger partial charge in [-0.3, -0.25) is 4.79 Å². The van der Waals surface area contributed by atoms with Gasteiger partial charge in [-0.1, -0.05) is 18.2 Å². The van der Waals surface area contributed by atoms with Gasteiger partial charge in [0.15, 0.2) is 0 Å². The highest BCUT2D eigenvalue weighted by Gasteiger charge is 2.24. The molecule has 27 heavy (non-hydrogen) atoms. The van der Waals surface area contributed by atoms with Crippen molar-refractivity contribution in [1.82, 2.24) is 4.57 Å². The van der Waals surface area contributed by atoms with Crippen LogP contribution in [0.1, 0.15) is 22.3 Å². The van der Waals surface area contributed by atoms with Crippen LogP contribution < -0.4 is 9.61 Å². The first-order valence-electron chi connectivity index (χ1n) is 8.30. The largest absolute Gasteiger partial charge is 0.477 e. The van der Waals surface area contributed by atoms with Crippen LogP contribution in [0.4, 0.5) is 0 Å². The molecular formula is C19H15NO6S. The minimum atomic E-state index is -4.02. The zero-order chi connectivity index (χ0) is 19.2. The maximum atomic E-state index is 12.6. The van der Waals surface area contributed by atoms with E-state index >= 15 is 0 Å². The average Bonchev–Trinajstić information content (AvgIpc) is 2.66. The summed E-state index contributed by atoms with van der Waals surface area (Å²) in [6, 6.07) is 10.6. The molecule has 0 spiro atoms. The minimum Gasteiger partial charge on any atom is -0.477 e. The second kappa shape index (κ2) is 6.24. The normalized spacial score (nSPS) is 13.5. The second-order valence-electron chi connectivity index (χ2n) is 6.26. The van der Waals surface area contributed by atoms with Crippen molar-refractivity contribution in [1.29, 1.82) is 0 Å². The second-order valence-corrected chi connectivity index (χ2v) is 7.81. The first kappa shape index (κ1) is 17.3. The number of nitrogens with zero attached hydrogens (tertiary/aromatic N) is 1. The highest BCUT2D eigenvalue weighted by molar-refractivity contribution is 7.87. The Morgan fingerprint density at radius 2 is 1.85 bits per heavy atom. The molecule has 1 aliphatic heterocycles. The first-order valence-corrected chi connectivity index (χ1v) is 9.71. The van der Waals surface area contributed by atoms with E-state index in [4.69, 9.17) is 4.18 Å². The number of pyridine rings is 1. The van der Waals surface area contributed by atoms with E-state index in [0.29, 0.717) is 30.5 Å². The van der Waals surface area contributed by atoms with Gasteiger partial charge in [0, 0.05) is 23.7 Å². The molecule has 0 saturated heterocycles. The topological polar surface area (TPSA) is 103 Å². The van der Waals surface area contributed by atoms with E-state index in [-0.39, 0.29) is 21.6 Å². The summed E-state index contributed by atoms with van der Waals surface area (Å²) in [5.74, 6) is -1.13. The third-order valence-corrected chi connectivity index (χ3v) is 5.84. The van der Waals surface area contributed by atoms with Crippen molar-refractivity contribution < 1.29 is 22.5 Å². The van der Waals surface area contributed by atoms with Crippen molar-refractivity contribution in [3.63, 3.8) is 0 Å². The summed E-state index contributed by atoms with van der Waals surface area (Å²) < 4.78 is 32.1. The number of rotatable bonds is 4. The number of carboxylic acid groups (broad SMARTS) is 1. The zero-order valence-corrected chi connectivity index (χ0v) is 14.9. The van der Waals surface area contributed by atoms with Crippen LogP contribution >= 0.6 is 0 Å². The molecule has 0 saturated carbocycles. The predicted molar refractivity (Wildman–Crippen MR) is 97.7 cm³/mol. The minimum absolute atomic E-state index is 0.0340. The lowest BCUT2D eigenvalue weighted by molar-refractivity contribution is 0.0694. The lowest BCUT2D eigenvalue weighted by atomic mass is 9.99. The van der Waals surface area contributed by atoms with Crippen LogP contribution in [-0.2, 0) is 23.1 Å². The molecule has 0 bridgehead atoms. The lowest BCUT2D eigenvalue weighted by Crippen LogP contribution is -2.22. The number of carbonyl (C=O) groups is 1. The van der Waals surface area contributed by atoms with Gasteiger partial charge in [-0.15, -0.1) is 0 Å². The van der Waals surface area contributed by atoms with Gasteiger partial charge >= 0.3 is 16.1 Å². The van der Waals surface area contributed by atoms with Crippen molar-refractivity contribution in [3.8, 4) is 5.75 Å². The molecule has 4 rings (SSSR count). The number of hydrogen-bond donors (Lipinski definition) is 1. The fourth-order valence-corrected chi connectivity index (χ4v) is 4.36. The monoisotopic (exact) mass is 385 g/mol. The van der Waals surface area contributed by atoms with E-state index in [0.717, 1.165) is 0 Å². The maximum Gasteiger partial charge on any atom is 0.341 e. The van der Waals surface area contributed by atoms with Crippen LogP contribution in [0.2, 0.25) is 0 Å².